The summed E-state index contributed by atoms with van der Waals surface area (Å²) in [6, 6.07) is 19.0. The van der Waals surface area contributed by atoms with E-state index in [4.69, 9.17) is 18.9 Å². The first kappa shape index (κ1) is 20.1. The maximum atomic E-state index is 5.42. The highest BCUT2D eigenvalue weighted by Gasteiger charge is 2.13. The average molecular weight is 415 g/mol. The first-order chi connectivity index (χ1) is 15.3. The van der Waals surface area contributed by atoms with Crippen LogP contribution < -0.4 is 14.9 Å². The molecule has 4 aromatic rings. The number of nitrogens with one attached hydrogen (secondary N) is 1. The Morgan fingerprint density at radius 3 is 2.55 bits per heavy atom. The fraction of sp³-hybridized carbons (Fsp3) is 0.130. The molecule has 2 aromatic carbocycles. The molecule has 0 radical (unpaired) electrons. The molecule has 31 heavy (non-hydrogen) atoms. The van der Waals surface area contributed by atoms with E-state index in [1.54, 1.807) is 38.8 Å². The van der Waals surface area contributed by atoms with E-state index in [0.29, 0.717) is 41.0 Å². The summed E-state index contributed by atoms with van der Waals surface area (Å²) in [6.07, 6.45) is 3.64. The second-order valence-electron chi connectivity index (χ2n) is 6.55. The monoisotopic (exact) mass is 415 g/mol. The largest absolute Gasteiger partial charge is 0.493 e. The van der Waals surface area contributed by atoms with Gasteiger partial charge in [-0.3, -0.25) is 5.43 Å². The third-order valence-electron chi connectivity index (χ3n) is 4.52. The number of hydrogen-bond donors (Lipinski definition) is 1. The summed E-state index contributed by atoms with van der Waals surface area (Å²) in [5, 5.41) is 12.8. The van der Waals surface area contributed by atoms with E-state index in [0.717, 1.165) is 11.1 Å². The lowest BCUT2D eigenvalue weighted by molar-refractivity contribution is 0.354. The molecule has 0 fully saturated rings. The fourth-order valence-corrected chi connectivity index (χ4v) is 2.98. The molecule has 0 aliphatic carbocycles. The molecule has 8 nitrogen and oxygen atoms in total. The van der Waals surface area contributed by atoms with E-state index in [-0.39, 0.29) is 0 Å². The first-order valence-electron chi connectivity index (χ1n) is 9.59. The predicted octanol–water partition coefficient (Wildman–Crippen LogP) is 4.19. The van der Waals surface area contributed by atoms with Crippen molar-refractivity contribution in [2.75, 3.05) is 19.6 Å². The number of ether oxygens (including phenoxy) is 2. The van der Waals surface area contributed by atoms with Crippen molar-refractivity contribution in [2.24, 2.45) is 5.10 Å². The maximum absolute atomic E-state index is 5.42. The number of aromatic nitrogens is 3. The van der Waals surface area contributed by atoms with Crippen LogP contribution in [0.15, 0.2) is 76.4 Å². The van der Waals surface area contributed by atoms with E-state index >= 15 is 0 Å². The van der Waals surface area contributed by atoms with Gasteiger partial charge in [0.25, 0.3) is 0 Å². The molecule has 0 amide bonds. The van der Waals surface area contributed by atoms with E-state index < -0.39 is 0 Å². The number of hydrazone groups is 1. The summed E-state index contributed by atoms with van der Waals surface area (Å²) in [4.78, 5) is 4.75. The number of nitrogens with zero attached hydrogens (tertiary/aromatic N) is 4. The fourth-order valence-electron chi connectivity index (χ4n) is 2.98. The summed E-state index contributed by atoms with van der Waals surface area (Å²) in [5.74, 6) is 2.93. The van der Waals surface area contributed by atoms with Gasteiger partial charge in [-0.05, 0) is 29.8 Å². The second-order valence-corrected chi connectivity index (χ2v) is 6.55. The van der Waals surface area contributed by atoms with Gasteiger partial charge in [0.15, 0.2) is 23.1 Å². The summed E-state index contributed by atoms with van der Waals surface area (Å²) in [6.45, 7) is 0. The first-order valence-corrected chi connectivity index (χ1v) is 9.59. The zero-order valence-electron chi connectivity index (χ0n) is 17.1. The van der Waals surface area contributed by atoms with Crippen LogP contribution in [0.5, 0.6) is 11.5 Å². The molecule has 4 rings (SSSR count). The lowest BCUT2D eigenvalue weighted by atomic mass is 10.1. The van der Waals surface area contributed by atoms with Gasteiger partial charge in [0.1, 0.15) is 5.76 Å². The van der Waals surface area contributed by atoms with Crippen molar-refractivity contribution in [1.29, 1.82) is 0 Å². The summed E-state index contributed by atoms with van der Waals surface area (Å²) >= 11 is 0. The third kappa shape index (κ3) is 4.87. The predicted molar refractivity (Wildman–Crippen MR) is 118 cm³/mol. The van der Waals surface area contributed by atoms with Crippen LogP contribution in [0.4, 0.5) is 5.82 Å². The van der Waals surface area contributed by atoms with Crippen molar-refractivity contribution < 1.29 is 13.9 Å². The Hall–Kier alpha value is -4.20. The topological polar surface area (TPSA) is 94.7 Å². The van der Waals surface area contributed by atoms with Crippen molar-refractivity contribution in [3.63, 3.8) is 0 Å². The molecular weight excluding hydrogens is 394 g/mol. The van der Waals surface area contributed by atoms with E-state index in [1.807, 2.05) is 48.5 Å². The normalized spacial score (nSPS) is 10.9. The molecule has 0 bridgehead atoms. The van der Waals surface area contributed by atoms with Gasteiger partial charge in [0.05, 0.1) is 32.4 Å². The van der Waals surface area contributed by atoms with Crippen LogP contribution in [-0.2, 0) is 6.42 Å². The van der Waals surface area contributed by atoms with Crippen LogP contribution in [-0.4, -0.2) is 35.6 Å². The Morgan fingerprint density at radius 2 is 1.81 bits per heavy atom. The number of methoxy groups -OCH3 is 2. The van der Waals surface area contributed by atoms with Gasteiger partial charge in [-0.15, -0.1) is 10.2 Å². The van der Waals surface area contributed by atoms with Crippen molar-refractivity contribution in [1.82, 2.24) is 15.2 Å². The maximum Gasteiger partial charge on any atom is 0.191 e. The van der Waals surface area contributed by atoms with Crippen molar-refractivity contribution >= 4 is 12.0 Å². The molecule has 0 atom stereocenters. The Balaban J connectivity index is 1.66. The molecule has 0 saturated carbocycles. The highest BCUT2D eigenvalue weighted by Crippen LogP contribution is 2.29. The number of benzene rings is 2. The molecule has 0 saturated heterocycles. The van der Waals surface area contributed by atoms with Gasteiger partial charge in [-0.2, -0.15) is 5.10 Å². The Bertz CT molecular complexity index is 1160. The van der Waals surface area contributed by atoms with Gasteiger partial charge in [-0.1, -0.05) is 36.4 Å². The molecule has 0 aliphatic rings. The Kier molecular flexibility index (Phi) is 6.18. The van der Waals surface area contributed by atoms with Crippen LogP contribution in [0.2, 0.25) is 0 Å². The molecule has 8 heteroatoms. The van der Waals surface area contributed by atoms with Crippen molar-refractivity contribution in [2.45, 2.75) is 6.42 Å². The molecule has 0 unspecified atom stereocenters. The standard InChI is InChI=1S/C23H21N5O3/c1-29-20-11-10-16(14-21(20)30-2)13-19-23(26-24-15-18-9-6-12-31-18)28-27-22(25-19)17-7-4-3-5-8-17/h3-12,14-15H,13H2,1-2H3,(H,26,28)/b24-15+. The van der Waals surface area contributed by atoms with Crippen LogP contribution in [0, 0.1) is 0 Å². The smallest absolute Gasteiger partial charge is 0.191 e. The summed E-state index contributed by atoms with van der Waals surface area (Å²) in [5.41, 5.74) is 5.48. The Morgan fingerprint density at radius 1 is 0.968 bits per heavy atom. The Labute approximate surface area is 179 Å². The van der Waals surface area contributed by atoms with E-state index in [9.17, 15) is 0 Å². The number of furan rings is 1. The second kappa shape index (κ2) is 9.53. The summed E-state index contributed by atoms with van der Waals surface area (Å²) < 4.78 is 16.0. The minimum atomic E-state index is 0.456. The van der Waals surface area contributed by atoms with Crippen molar-refractivity contribution in [3.05, 3.63) is 83.9 Å². The zero-order valence-corrected chi connectivity index (χ0v) is 17.1. The van der Waals surface area contributed by atoms with Gasteiger partial charge < -0.3 is 13.9 Å². The van der Waals surface area contributed by atoms with E-state index in [1.165, 1.54) is 0 Å². The van der Waals surface area contributed by atoms with Crippen LogP contribution in [0.25, 0.3) is 11.4 Å². The van der Waals surface area contributed by atoms with Gasteiger partial charge in [0.2, 0.25) is 0 Å². The minimum Gasteiger partial charge on any atom is -0.493 e. The third-order valence-corrected chi connectivity index (χ3v) is 4.52. The molecule has 2 heterocycles. The highest BCUT2D eigenvalue weighted by molar-refractivity contribution is 5.76. The lowest BCUT2D eigenvalue weighted by Crippen LogP contribution is -2.07. The number of rotatable bonds is 8. The van der Waals surface area contributed by atoms with E-state index in [2.05, 4.69) is 20.7 Å². The SMILES string of the molecule is COc1ccc(Cc2nc(-c3ccccc3)nnc2N/N=C/c2ccco2)cc1OC. The highest BCUT2D eigenvalue weighted by atomic mass is 16.5. The number of hydrogen-bond acceptors (Lipinski definition) is 8. The number of anilines is 1. The minimum absolute atomic E-state index is 0.456. The molecule has 2 aromatic heterocycles. The van der Waals surface area contributed by atoms with Crippen molar-refractivity contribution in [3.8, 4) is 22.9 Å². The molecule has 1 N–H and O–H groups in total. The quantitative estimate of drug-likeness (QED) is 0.341. The molecule has 0 spiro atoms. The van der Waals surface area contributed by atoms with Crippen LogP contribution in [0.3, 0.4) is 0 Å². The average Bonchev–Trinajstić information content (AvgIpc) is 3.34. The molecule has 0 aliphatic heterocycles. The van der Waals surface area contributed by atoms with Gasteiger partial charge in [0, 0.05) is 12.0 Å². The van der Waals surface area contributed by atoms with Crippen LogP contribution >= 0.6 is 0 Å². The lowest BCUT2D eigenvalue weighted by Gasteiger charge is -2.11. The zero-order chi connectivity index (χ0) is 21.5. The summed E-state index contributed by atoms with van der Waals surface area (Å²) in [7, 11) is 3.22. The van der Waals surface area contributed by atoms with Gasteiger partial charge >= 0.3 is 0 Å². The van der Waals surface area contributed by atoms with Gasteiger partial charge in [-0.25, -0.2) is 4.98 Å². The van der Waals surface area contributed by atoms with Crippen LogP contribution in [0.1, 0.15) is 17.0 Å². The molecule has 156 valence electrons. The molecular formula is C23H21N5O3.